The van der Waals surface area contributed by atoms with Crippen molar-refractivity contribution in [3.63, 3.8) is 0 Å². The van der Waals surface area contributed by atoms with E-state index in [-0.39, 0.29) is 0 Å². The first kappa shape index (κ1) is 14.4. The molecule has 2 heterocycles. The van der Waals surface area contributed by atoms with E-state index in [0.717, 1.165) is 23.8 Å². The molecule has 1 saturated heterocycles. The number of likely N-dealkylation sites (N-methyl/N-ethyl adjacent to an activating group) is 2. The summed E-state index contributed by atoms with van der Waals surface area (Å²) in [6.07, 6.45) is 2.58. The Bertz CT molecular complexity index is 409. The first-order valence-corrected chi connectivity index (χ1v) is 7.77. The van der Waals surface area contributed by atoms with Crippen LogP contribution in [0.1, 0.15) is 26.7 Å². The monoisotopic (exact) mass is 284 g/mol. The van der Waals surface area contributed by atoms with Crippen molar-refractivity contribution >= 4 is 22.4 Å². The highest BCUT2D eigenvalue weighted by Crippen LogP contribution is 2.38. The number of likely N-dealkylation sites (tertiary alicyclic amines) is 1. The minimum atomic E-state index is 0.507. The fourth-order valence-electron chi connectivity index (χ4n) is 2.73. The van der Waals surface area contributed by atoms with Gasteiger partial charge in [-0.1, -0.05) is 6.92 Å². The van der Waals surface area contributed by atoms with Gasteiger partial charge in [-0.15, -0.1) is 0 Å². The van der Waals surface area contributed by atoms with Crippen LogP contribution in [-0.4, -0.2) is 48.6 Å². The van der Waals surface area contributed by atoms with Crippen molar-refractivity contribution in [3.8, 4) is 5.75 Å². The van der Waals surface area contributed by atoms with Crippen LogP contribution < -0.4 is 15.4 Å². The highest BCUT2D eigenvalue weighted by atomic mass is 32.1. The lowest BCUT2D eigenvalue weighted by atomic mass is 10.2. The minimum absolute atomic E-state index is 0.507. The van der Waals surface area contributed by atoms with Crippen molar-refractivity contribution in [2.75, 3.05) is 43.9 Å². The number of hydrogen-bond acceptors (Lipinski definition) is 6. The molecule has 0 saturated carbocycles. The number of nitrogens with zero attached hydrogens (tertiary/aromatic N) is 3. The number of aromatic nitrogens is 1. The standard InChI is InChI=1S/C13H24N4OS/c1-4-17-8-6-7-10(17)9-16(3)13-11(18-5-2)12(14)15-19-13/h10H,4-9H2,1-3H3,(H2,14,15). The van der Waals surface area contributed by atoms with Gasteiger partial charge < -0.3 is 15.4 Å². The van der Waals surface area contributed by atoms with Crippen molar-refractivity contribution < 1.29 is 4.74 Å². The molecular weight excluding hydrogens is 260 g/mol. The summed E-state index contributed by atoms with van der Waals surface area (Å²) in [6, 6.07) is 0.632. The van der Waals surface area contributed by atoms with E-state index in [2.05, 4.69) is 28.1 Å². The van der Waals surface area contributed by atoms with Crippen LogP contribution in [0.3, 0.4) is 0 Å². The first-order chi connectivity index (χ1) is 9.17. The van der Waals surface area contributed by atoms with Gasteiger partial charge >= 0.3 is 0 Å². The Morgan fingerprint density at radius 3 is 3.00 bits per heavy atom. The van der Waals surface area contributed by atoms with E-state index >= 15 is 0 Å². The molecule has 2 rings (SSSR count). The Kier molecular flexibility index (Phi) is 4.87. The molecule has 1 aromatic rings. The van der Waals surface area contributed by atoms with Gasteiger partial charge in [0.2, 0.25) is 0 Å². The average Bonchev–Trinajstić information content (AvgIpc) is 2.98. The smallest absolute Gasteiger partial charge is 0.197 e. The zero-order valence-corrected chi connectivity index (χ0v) is 12.9. The summed E-state index contributed by atoms with van der Waals surface area (Å²) in [5.41, 5.74) is 5.86. The van der Waals surface area contributed by atoms with E-state index < -0.39 is 0 Å². The second-order valence-electron chi connectivity index (χ2n) is 4.94. The summed E-state index contributed by atoms with van der Waals surface area (Å²) in [6.45, 7) is 8.18. The largest absolute Gasteiger partial charge is 0.487 e. The molecule has 0 bridgehead atoms. The van der Waals surface area contributed by atoms with Crippen LogP contribution >= 0.6 is 11.5 Å². The number of ether oxygens (including phenoxy) is 1. The van der Waals surface area contributed by atoms with E-state index in [0.29, 0.717) is 18.5 Å². The molecule has 1 fully saturated rings. The Hall–Kier alpha value is -1.01. The van der Waals surface area contributed by atoms with Gasteiger partial charge in [0.05, 0.1) is 6.61 Å². The van der Waals surface area contributed by atoms with Gasteiger partial charge in [0, 0.05) is 19.6 Å². The normalized spacial score (nSPS) is 19.8. The van der Waals surface area contributed by atoms with E-state index in [1.54, 1.807) is 0 Å². The first-order valence-electron chi connectivity index (χ1n) is 7.00. The van der Waals surface area contributed by atoms with Crippen molar-refractivity contribution in [1.29, 1.82) is 0 Å². The third-order valence-corrected chi connectivity index (χ3v) is 4.64. The van der Waals surface area contributed by atoms with Gasteiger partial charge in [-0.25, -0.2) is 0 Å². The summed E-state index contributed by atoms with van der Waals surface area (Å²) in [5.74, 6) is 1.25. The fourth-order valence-corrected chi connectivity index (χ4v) is 3.45. The molecule has 1 aromatic heterocycles. The zero-order valence-electron chi connectivity index (χ0n) is 12.1. The van der Waals surface area contributed by atoms with Crippen LogP contribution in [0.15, 0.2) is 0 Å². The molecule has 6 heteroatoms. The van der Waals surface area contributed by atoms with E-state index in [4.69, 9.17) is 10.5 Å². The highest BCUT2D eigenvalue weighted by molar-refractivity contribution is 7.11. The van der Waals surface area contributed by atoms with E-state index in [1.165, 1.54) is 30.9 Å². The SMILES string of the molecule is CCOc1c(N)nsc1N(C)CC1CCCN1CC. The number of hydrogen-bond donors (Lipinski definition) is 1. The summed E-state index contributed by atoms with van der Waals surface area (Å²) in [4.78, 5) is 4.78. The summed E-state index contributed by atoms with van der Waals surface area (Å²) in [5, 5.41) is 1.04. The Balaban J connectivity index is 2.05. The molecule has 0 radical (unpaired) electrons. The molecular formula is C13H24N4OS. The number of nitrogens with two attached hydrogens (primary N) is 1. The number of anilines is 2. The lowest BCUT2D eigenvalue weighted by Crippen LogP contribution is -2.38. The van der Waals surface area contributed by atoms with Crippen molar-refractivity contribution in [2.45, 2.75) is 32.7 Å². The lowest BCUT2D eigenvalue weighted by molar-refractivity contribution is 0.270. The fraction of sp³-hybridized carbons (Fsp3) is 0.769. The summed E-state index contributed by atoms with van der Waals surface area (Å²) >= 11 is 1.42. The molecule has 2 N–H and O–H groups in total. The van der Waals surface area contributed by atoms with Crippen molar-refractivity contribution in [3.05, 3.63) is 0 Å². The molecule has 1 atom stereocenters. The maximum atomic E-state index is 5.86. The Morgan fingerprint density at radius 2 is 2.32 bits per heavy atom. The predicted molar refractivity (Wildman–Crippen MR) is 81.2 cm³/mol. The topological polar surface area (TPSA) is 54.6 Å². The molecule has 1 unspecified atom stereocenters. The molecule has 0 aromatic carbocycles. The van der Waals surface area contributed by atoms with Crippen LogP contribution in [0.5, 0.6) is 5.75 Å². The molecule has 1 aliphatic heterocycles. The van der Waals surface area contributed by atoms with Crippen LogP contribution in [0.4, 0.5) is 10.8 Å². The van der Waals surface area contributed by atoms with Crippen LogP contribution in [-0.2, 0) is 0 Å². The second-order valence-corrected chi connectivity index (χ2v) is 5.69. The third kappa shape index (κ3) is 3.12. The average molecular weight is 284 g/mol. The molecule has 0 aliphatic carbocycles. The van der Waals surface area contributed by atoms with Gasteiger partial charge in [-0.3, -0.25) is 4.90 Å². The van der Waals surface area contributed by atoms with Crippen LogP contribution in [0, 0.1) is 0 Å². The van der Waals surface area contributed by atoms with Gasteiger partial charge in [0.1, 0.15) is 0 Å². The van der Waals surface area contributed by atoms with E-state index in [1.807, 2.05) is 6.92 Å². The summed E-state index contributed by atoms with van der Waals surface area (Å²) < 4.78 is 9.82. The molecule has 5 nitrogen and oxygen atoms in total. The molecule has 19 heavy (non-hydrogen) atoms. The molecule has 108 valence electrons. The Morgan fingerprint density at radius 1 is 1.53 bits per heavy atom. The third-order valence-electron chi connectivity index (χ3n) is 3.68. The molecule has 0 spiro atoms. The number of rotatable bonds is 6. The summed E-state index contributed by atoms with van der Waals surface area (Å²) in [7, 11) is 2.10. The zero-order chi connectivity index (χ0) is 13.8. The van der Waals surface area contributed by atoms with Crippen molar-refractivity contribution in [1.82, 2.24) is 9.27 Å². The van der Waals surface area contributed by atoms with Gasteiger partial charge in [-0.05, 0) is 44.4 Å². The maximum absolute atomic E-state index is 5.86. The van der Waals surface area contributed by atoms with Crippen LogP contribution in [0.25, 0.3) is 0 Å². The lowest BCUT2D eigenvalue weighted by Gasteiger charge is -2.28. The minimum Gasteiger partial charge on any atom is -0.487 e. The second kappa shape index (κ2) is 6.43. The highest BCUT2D eigenvalue weighted by Gasteiger charge is 2.26. The van der Waals surface area contributed by atoms with Crippen LogP contribution in [0.2, 0.25) is 0 Å². The number of nitrogen functional groups attached to an aromatic ring is 1. The maximum Gasteiger partial charge on any atom is 0.197 e. The van der Waals surface area contributed by atoms with E-state index in [9.17, 15) is 0 Å². The van der Waals surface area contributed by atoms with Gasteiger partial charge in [0.25, 0.3) is 0 Å². The quantitative estimate of drug-likeness (QED) is 0.866. The van der Waals surface area contributed by atoms with Crippen molar-refractivity contribution in [2.24, 2.45) is 0 Å². The Labute approximate surface area is 119 Å². The molecule has 0 amide bonds. The van der Waals surface area contributed by atoms with Gasteiger partial charge in [0.15, 0.2) is 16.6 Å². The van der Waals surface area contributed by atoms with Gasteiger partial charge in [-0.2, -0.15) is 4.37 Å². The molecule has 1 aliphatic rings. The predicted octanol–water partition coefficient (Wildman–Crippen LogP) is 2.04.